The Hall–Kier alpha value is -2.71. The Morgan fingerprint density at radius 3 is 1.43 bits per heavy atom. The number of rotatable bonds is 0. The van der Waals surface area contributed by atoms with Crippen molar-refractivity contribution < 1.29 is 0 Å². The summed E-state index contributed by atoms with van der Waals surface area (Å²) in [6.07, 6.45) is 1.89. The number of nitrogens with zero attached hydrogens (tertiary/aromatic N) is 1. The van der Waals surface area contributed by atoms with Crippen LogP contribution in [0.4, 0.5) is 0 Å². The Balaban J connectivity index is 0.000000130. The maximum Gasteiger partial charge on any atom is 0.0549 e. The maximum atomic E-state index is 4.04. The first-order valence-electron chi connectivity index (χ1n) is 7.57. The molecular formula is C21H15NS. The van der Waals surface area contributed by atoms with Crippen molar-refractivity contribution in [2.45, 2.75) is 0 Å². The molecule has 0 saturated carbocycles. The van der Waals surface area contributed by atoms with Crippen molar-refractivity contribution in [3.8, 4) is 0 Å². The summed E-state index contributed by atoms with van der Waals surface area (Å²) in [5.41, 5.74) is 0. The molecule has 0 aliphatic rings. The van der Waals surface area contributed by atoms with Gasteiger partial charge in [0.05, 0.1) is 4.70 Å². The van der Waals surface area contributed by atoms with E-state index in [1.807, 2.05) is 18.3 Å². The predicted molar refractivity (Wildman–Crippen MR) is 101 cm³/mol. The van der Waals surface area contributed by atoms with Gasteiger partial charge in [0.1, 0.15) is 0 Å². The number of hydrogen-bond donors (Lipinski definition) is 0. The van der Waals surface area contributed by atoms with Gasteiger partial charge < -0.3 is 0 Å². The van der Waals surface area contributed by atoms with Gasteiger partial charge in [-0.3, -0.25) is 0 Å². The molecule has 23 heavy (non-hydrogen) atoms. The third kappa shape index (κ3) is 2.94. The molecule has 0 bridgehead atoms. The lowest BCUT2D eigenvalue weighted by atomic mass is 10.0. The topological polar surface area (TPSA) is 12.9 Å². The largest absolute Gasteiger partial charge is 0.200 e. The van der Waals surface area contributed by atoms with Crippen LogP contribution < -0.4 is 0 Å². The van der Waals surface area contributed by atoms with Crippen LogP contribution in [0.3, 0.4) is 0 Å². The fourth-order valence-corrected chi connectivity index (χ4v) is 3.34. The molecule has 0 amide bonds. The lowest BCUT2D eigenvalue weighted by Crippen LogP contribution is -1.74. The van der Waals surface area contributed by atoms with E-state index in [1.165, 1.54) is 43.2 Å². The van der Waals surface area contributed by atoms with E-state index in [0.717, 1.165) is 0 Å². The average molecular weight is 313 g/mol. The molecule has 4 aromatic carbocycles. The number of aromatic nitrogens is 1. The molecule has 0 atom stereocenters. The standard InChI is InChI=1S/C14H10.C7H5NS/c1-2-6-12-10-14-8-4-3-7-13(14)9-11(12)5-1;1-2-4-7-6(3-1)5-8-9-7/h1-10H;1-5H. The highest BCUT2D eigenvalue weighted by Gasteiger charge is 1.95. The number of hydrogen-bond acceptors (Lipinski definition) is 2. The third-order valence-electron chi connectivity index (χ3n) is 3.88. The van der Waals surface area contributed by atoms with Gasteiger partial charge in [-0.15, -0.1) is 0 Å². The van der Waals surface area contributed by atoms with E-state index in [9.17, 15) is 0 Å². The normalized spacial score (nSPS) is 10.6. The highest BCUT2D eigenvalue weighted by atomic mass is 32.1. The van der Waals surface area contributed by atoms with Gasteiger partial charge in [-0.25, -0.2) is 0 Å². The number of fused-ring (bicyclic) bond motifs is 3. The van der Waals surface area contributed by atoms with Gasteiger partial charge in [0.15, 0.2) is 0 Å². The number of benzene rings is 4. The highest BCUT2D eigenvalue weighted by Crippen LogP contribution is 2.22. The van der Waals surface area contributed by atoms with Gasteiger partial charge in [-0.1, -0.05) is 66.7 Å². The molecule has 110 valence electrons. The molecule has 1 aromatic heterocycles. The summed E-state index contributed by atoms with van der Waals surface area (Å²) >= 11 is 1.54. The Kier molecular flexibility index (Phi) is 3.75. The van der Waals surface area contributed by atoms with Crippen molar-refractivity contribution >= 4 is 43.2 Å². The SMILES string of the molecule is c1ccc2cc3ccccc3cc2c1.c1ccc2sncc2c1. The van der Waals surface area contributed by atoms with Gasteiger partial charge in [-0.2, -0.15) is 4.37 Å². The molecule has 0 fully saturated rings. The molecule has 5 rings (SSSR count). The Morgan fingerprint density at radius 2 is 0.957 bits per heavy atom. The van der Waals surface area contributed by atoms with E-state index in [0.29, 0.717) is 0 Å². The predicted octanol–water partition coefficient (Wildman–Crippen LogP) is 6.29. The second-order valence-electron chi connectivity index (χ2n) is 5.41. The van der Waals surface area contributed by atoms with E-state index >= 15 is 0 Å². The second-order valence-corrected chi connectivity index (χ2v) is 6.24. The van der Waals surface area contributed by atoms with Crippen molar-refractivity contribution in [1.29, 1.82) is 0 Å². The van der Waals surface area contributed by atoms with E-state index in [-0.39, 0.29) is 0 Å². The van der Waals surface area contributed by atoms with E-state index in [2.05, 4.69) is 77.2 Å². The smallest absolute Gasteiger partial charge is 0.0549 e. The average Bonchev–Trinajstić information content (AvgIpc) is 3.09. The minimum Gasteiger partial charge on any atom is -0.200 e. The van der Waals surface area contributed by atoms with Crippen LogP contribution >= 0.6 is 11.5 Å². The summed E-state index contributed by atoms with van der Waals surface area (Å²) in [5.74, 6) is 0. The first-order chi connectivity index (χ1) is 11.4. The maximum absolute atomic E-state index is 4.04. The second kappa shape index (κ2) is 6.19. The van der Waals surface area contributed by atoms with Crippen LogP contribution in [0.5, 0.6) is 0 Å². The summed E-state index contributed by atoms with van der Waals surface area (Å²) in [5, 5.41) is 6.48. The molecular weight excluding hydrogens is 298 g/mol. The monoisotopic (exact) mass is 313 g/mol. The molecule has 0 N–H and O–H groups in total. The summed E-state index contributed by atoms with van der Waals surface area (Å²) in [7, 11) is 0. The fraction of sp³-hybridized carbons (Fsp3) is 0. The van der Waals surface area contributed by atoms with Gasteiger partial charge >= 0.3 is 0 Å². The van der Waals surface area contributed by atoms with Crippen molar-refractivity contribution in [2.75, 3.05) is 0 Å². The van der Waals surface area contributed by atoms with E-state index < -0.39 is 0 Å². The van der Waals surface area contributed by atoms with Crippen LogP contribution in [-0.4, -0.2) is 4.37 Å². The Bertz CT molecular complexity index is 943. The summed E-state index contributed by atoms with van der Waals surface area (Å²) in [6, 6.07) is 29.6. The molecule has 0 radical (unpaired) electrons. The van der Waals surface area contributed by atoms with Crippen LogP contribution in [-0.2, 0) is 0 Å². The summed E-state index contributed by atoms with van der Waals surface area (Å²) in [6.45, 7) is 0. The molecule has 2 heteroatoms. The minimum absolute atomic E-state index is 1.24. The van der Waals surface area contributed by atoms with Crippen LogP contribution in [0.1, 0.15) is 0 Å². The van der Waals surface area contributed by atoms with Crippen molar-refractivity contribution in [1.82, 2.24) is 4.37 Å². The zero-order valence-corrected chi connectivity index (χ0v) is 13.3. The van der Waals surface area contributed by atoms with Gasteiger partial charge in [-0.05, 0) is 51.3 Å². The minimum atomic E-state index is 1.24. The first kappa shape index (κ1) is 13.9. The molecule has 0 spiro atoms. The van der Waals surface area contributed by atoms with Crippen LogP contribution in [0.2, 0.25) is 0 Å². The van der Waals surface area contributed by atoms with Crippen LogP contribution in [0.15, 0.2) is 91.1 Å². The van der Waals surface area contributed by atoms with Gasteiger partial charge in [0, 0.05) is 11.6 Å². The van der Waals surface area contributed by atoms with Crippen LogP contribution in [0.25, 0.3) is 31.6 Å². The quantitative estimate of drug-likeness (QED) is 0.306. The highest BCUT2D eigenvalue weighted by molar-refractivity contribution is 7.13. The Morgan fingerprint density at radius 1 is 0.522 bits per heavy atom. The molecule has 1 nitrogen and oxygen atoms in total. The van der Waals surface area contributed by atoms with Crippen LogP contribution in [0, 0.1) is 0 Å². The summed E-state index contributed by atoms with van der Waals surface area (Å²) < 4.78 is 5.30. The van der Waals surface area contributed by atoms with Gasteiger partial charge in [0.2, 0.25) is 0 Å². The van der Waals surface area contributed by atoms with Crippen molar-refractivity contribution in [3.05, 3.63) is 91.1 Å². The Labute approximate surface area is 139 Å². The van der Waals surface area contributed by atoms with Crippen molar-refractivity contribution in [3.63, 3.8) is 0 Å². The zero-order valence-electron chi connectivity index (χ0n) is 12.5. The van der Waals surface area contributed by atoms with E-state index in [4.69, 9.17) is 0 Å². The molecule has 1 heterocycles. The zero-order chi connectivity index (χ0) is 15.5. The molecule has 0 aliphatic heterocycles. The molecule has 0 saturated heterocycles. The van der Waals surface area contributed by atoms with E-state index in [1.54, 1.807) is 0 Å². The third-order valence-corrected chi connectivity index (χ3v) is 4.66. The molecule has 0 aliphatic carbocycles. The van der Waals surface area contributed by atoms with Crippen molar-refractivity contribution in [2.24, 2.45) is 0 Å². The molecule has 5 aromatic rings. The summed E-state index contributed by atoms with van der Waals surface area (Å²) in [4.78, 5) is 0. The lowest BCUT2D eigenvalue weighted by molar-refractivity contribution is 1.61. The van der Waals surface area contributed by atoms with Gasteiger partial charge in [0.25, 0.3) is 0 Å². The lowest BCUT2D eigenvalue weighted by Gasteiger charge is -2.00. The first-order valence-corrected chi connectivity index (χ1v) is 8.34. The fourth-order valence-electron chi connectivity index (χ4n) is 2.69. The molecule has 0 unspecified atom stereocenters.